The fourth-order valence-corrected chi connectivity index (χ4v) is 2.51. The van der Waals surface area contributed by atoms with Gasteiger partial charge < -0.3 is 10.3 Å². The first-order valence-electron chi connectivity index (χ1n) is 6.28. The number of H-pyrrole nitrogens is 1. The monoisotopic (exact) mass is 333 g/mol. The van der Waals surface area contributed by atoms with E-state index in [2.05, 4.69) is 15.3 Å². The summed E-state index contributed by atoms with van der Waals surface area (Å²) >= 11 is 11.8. The molecule has 2 N–H and O–H groups in total. The highest BCUT2D eigenvalue weighted by Gasteiger charge is 2.11. The zero-order valence-corrected chi connectivity index (χ0v) is 12.6. The van der Waals surface area contributed by atoms with Gasteiger partial charge in [-0.1, -0.05) is 23.2 Å². The first-order valence-corrected chi connectivity index (χ1v) is 7.04. The number of amides is 1. The highest BCUT2D eigenvalue weighted by molar-refractivity contribution is 6.37. The van der Waals surface area contributed by atoms with Crippen LogP contribution in [0.3, 0.4) is 0 Å². The number of hydrogen-bond donors (Lipinski definition) is 2. The third-order valence-electron chi connectivity index (χ3n) is 3.07. The van der Waals surface area contributed by atoms with Gasteiger partial charge in [0.25, 0.3) is 11.5 Å². The molecule has 0 radical (unpaired) electrons. The van der Waals surface area contributed by atoms with Crippen molar-refractivity contribution >= 4 is 45.7 Å². The van der Waals surface area contributed by atoms with Crippen LogP contribution < -0.4 is 10.9 Å². The molecule has 1 heterocycles. The van der Waals surface area contributed by atoms with Crippen LogP contribution >= 0.6 is 23.2 Å². The first-order chi connectivity index (χ1) is 10.5. The number of halogens is 2. The van der Waals surface area contributed by atoms with E-state index in [-0.39, 0.29) is 16.5 Å². The number of fused-ring (bicyclic) bond motifs is 1. The molecule has 110 valence electrons. The predicted molar refractivity (Wildman–Crippen MR) is 86.8 cm³/mol. The molecule has 0 spiro atoms. The molecule has 0 bridgehead atoms. The second-order valence-corrected chi connectivity index (χ2v) is 5.39. The van der Waals surface area contributed by atoms with Crippen molar-refractivity contribution in [2.24, 2.45) is 0 Å². The molecule has 7 heteroatoms. The Labute approximate surface area is 134 Å². The van der Waals surface area contributed by atoms with Crippen molar-refractivity contribution in [2.75, 3.05) is 5.32 Å². The van der Waals surface area contributed by atoms with Crippen LogP contribution in [0, 0.1) is 0 Å². The summed E-state index contributed by atoms with van der Waals surface area (Å²) in [5.41, 5.74) is 1.05. The lowest BCUT2D eigenvalue weighted by atomic mass is 10.2. The molecule has 0 aliphatic rings. The van der Waals surface area contributed by atoms with E-state index in [1.165, 1.54) is 18.5 Å². The maximum absolute atomic E-state index is 12.2. The minimum Gasteiger partial charge on any atom is -0.322 e. The Morgan fingerprint density at radius 1 is 1.14 bits per heavy atom. The molecule has 0 fully saturated rings. The van der Waals surface area contributed by atoms with Gasteiger partial charge in [0, 0.05) is 10.7 Å². The fourth-order valence-electron chi connectivity index (χ4n) is 2.02. The lowest BCUT2D eigenvalue weighted by Gasteiger charge is -2.07. The molecule has 0 saturated carbocycles. The summed E-state index contributed by atoms with van der Waals surface area (Å²) in [6.45, 7) is 0. The van der Waals surface area contributed by atoms with Gasteiger partial charge in [0.15, 0.2) is 0 Å². The van der Waals surface area contributed by atoms with Crippen molar-refractivity contribution in [1.82, 2.24) is 9.97 Å². The van der Waals surface area contributed by atoms with Crippen molar-refractivity contribution in [1.29, 1.82) is 0 Å². The second-order valence-electron chi connectivity index (χ2n) is 4.54. The summed E-state index contributed by atoms with van der Waals surface area (Å²) < 4.78 is 0. The number of benzene rings is 2. The number of nitrogens with zero attached hydrogens (tertiary/aromatic N) is 1. The molecular weight excluding hydrogens is 325 g/mol. The van der Waals surface area contributed by atoms with Gasteiger partial charge in [-0.05, 0) is 36.4 Å². The molecule has 0 aliphatic heterocycles. The highest BCUT2D eigenvalue weighted by Crippen LogP contribution is 2.22. The summed E-state index contributed by atoms with van der Waals surface area (Å²) in [5.74, 6) is -0.388. The Balaban J connectivity index is 1.94. The van der Waals surface area contributed by atoms with E-state index in [1.807, 2.05) is 0 Å². The van der Waals surface area contributed by atoms with Crippen LogP contribution in [0.25, 0.3) is 10.9 Å². The quantitative estimate of drug-likeness (QED) is 0.753. The number of anilines is 1. The molecule has 0 saturated heterocycles. The Kier molecular flexibility index (Phi) is 3.83. The van der Waals surface area contributed by atoms with Crippen LogP contribution in [-0.2, 0) is 0 Å². The zero-order chi connectivity index (χ0) is 15.7. The van der Waals surface area contributed by atoms with Crippen molar-refractivity contribution in [3.05, 3.63) is 68.7 Å². The molecular formula is C15H9Cl2N3O2. The van der Waals surface area contributed by atoms with E-state index < -0.39 is 0 Å². The van der Waals surface area contributed by atoms with Gasteiger partial charge in [0.2, 0.25) is 0 Å². The van der Waals surface area contributed by atoms with Gasteiger partial charge in [0.05, 0.1) is 27.8 Å². The number of hydrogen-bond acceptors (Lipinski definition) is 3. The normalized spacial score (nSPS) is 10.6. The first kappa shape index (κ1) is 14.6. The van der Waals surface area contributed by atoms with Gasteiger partial charge in [0.1, 0.15) is 0 Å². The third kappa shape index (κ3) is 2.81. The molecule has 22 heavy (non-hydrogen) atoms. The third-order valence-corrected chi connectivity index (χ3v) is 3.62. The van der Waals surface area contributed by atoms with Gasteiger partial charge in [-0.25, -0.2) is 4.98 Å². The second kappa shape index (κ2) is 5.79. The topological polar surface area (TPSA) is 74.8 Å². The number of rotatable bonds is 2. The minimum absolute atomic E-state index is 0.255. The predicted octanol–water partition coefficient (Wildman–Crippen LogP) is 3.48. The summed E-state index contributed by atoms with van der Waals surface area (Å²) in [7, 11) is 0. The van der Waals surface area contributed by atoms with Crippen LogP contribution in [0.2, 0.25) is 10.0 Å². The molecule has 1 amide bonds. The van der Waals surface area contributed by atoms with E-state index in [4.69, 9.17) is 23.2 Å². The molecule has 5 nitrogen and oxygen atoms in total. The van der Waals surface area contributed by atoms with E-state index in [9.17, 15) is 9.59 Å². The van der Waals surface area contributed by atoms with Gasteiger partial charge in [-0.3, -0.25) is 9.59 Å². The fraction of sp³-hybridized carbons (Fsp3) is 0. The van der Waals surface area contributed by atoms with Crippen LogP contribution in [0.4, 0.5) is 5.69 Å². The van der Waals surface area contributed by atoms with E-state index in [0.29, 0.717) is 27.2 Å². The van der Waals surface area contributed by atoms with E-state index >= 15 is 0 Å². The van der Waals surface area contributed by atoms with E-state index in [0.717, 1.165) is 0 Å². The van der Waals surface area contributed by atoms with Crippen molar-refractivity contribution in [3.8, 4) is 0 Å². The summed E-state index contributed by atoms with van der Waals surface area (Å²) in [4.78, 5) is 30.5. The van der Waals surface area contributed by atoms with Crippen molar-refractivity contribution in [3.63, 3.8) is 0 Å². The summed E-state index contributed by atoms with van der Waals surface area (Å²) in [6, 6.07) is 9.49. The van der Waals surface area contributed by atoms with Crippen LogP contribution in [0.5, 0.6) is 0 Å². The van der Waals surface area contributed by atoms with Crippen molar-refractivity contribution < 1.29 is 4.79 Å². The molecule has 2 aromatic carbocycles. The van der Waals surface area contributed by atoms with E-state index in [1.54, 1.807) is 24.3 Å². The summed E-state index contributed by atoms with van der Waals surface area (Å²) in [6.07, 6.45) is 1.33. The average molecular weight is 334 g/mol. The van der Waals surface area contributed by atoms with Crippen LogP contribution in [0.15, 0.2) is 47.5 Å². The Morgan fingerprint density at radius 2 is 1.95 bits per heavy atom. The molecule has 3 aromatic rings. The molecule has 0 atom stereocenters. The summed E-state index contributed by atoms with van der Waals surface area (Å²) in [5, 5.41) is 3.79. The Morgan fingerprint density at radius 3 is 2.73 bits per heavy atom. The lowest BCUT2D eigenvalue weighted by Crippen LogP contribution is -2.13. The number of carbonyl (C=O) groups is 1. The van der Waals surface area contributed by atoms with Gasteiger partial charge in [-0.15, -0.1) is 0 Å². The van der Waals surface area contributed by atoms with Gasteiger partial charge >= 0.3 is 0 Å². The smallest absolute Gasteiger partial charge is 0.258 e. The largest absolute Gasteiger partial charge is 0.322 e. The van der Waals surface area contributed by atoms with Crippen molar-refractivity contribution in [2.45, 2.75) is 0 Å². The number of aromatic nitrogens is 2. The molecule has 0 unspecified atom stereocenters. The molecule has 0 aliphatic carbocycles. The Bertz CT molecular complexity index is 937. The zero-order valence-electron chi connectivity index (χ0n) is 11.1. The lowest BCUT2D eigenvalue weighted by molar-refractivity contribution is 0.102. The minimum atomic E-state index is -0.388. The standard InChI is InChI=1S/C15H9Cl2N3O2/c16-8-1-3-10(12(17)5-8)15(22)20-9-2-4-13-11(6-9)14(21)19-7-18-13/h1-7H,(H,20,22)(H,18,19,21). The maximum Gasteiger partial charge on any atom is 0.258 e. The number of carbonyl (C=O) groups excluding carboxylic acids is 1. The SMILES string of the molecule is O=C(Nc1ccc2nc[nH]c(=O)c2c1)c1ccc(Cl)cc1Cl. The highest BCUT2D eigenvalue weighted by atomic mass is 35.5. The number of nitrogens with one attached hydrogen (secondary N) is 2. The van der Waals surface area contributed by atoms with Crippen LogP contribution in [0.1, 0.15) is 10.4 Å². The number of aromatic amines is 1. The Hall–Kier alpha value is -2.37. The van der Waals surface area contributed by atoms with Crippen LogP contribution in [-0.4, -0.2) is 15.9 Å². The average Bonchev–Trinajstić information content (AvgIpc) is 2.48. The molecule has 3 rings (SSSR count). The van der Waals surface area contributed by atoms with Gasteiger partial charge in [-0.2, -0.15) is 0 Å². The maximum atomic E-state index is 12.2. The molecule has 1 aromatic heterocycles.